The second-order valence-electron chi connectivity index (χ2n) is 10.1. The van der Waals surface area contributed by atoms with E-state index in [1.54, 1.807) is 9.80 Å². The van der Waals surface area contributed by atoms with Crippen molar-refractivity contribution in [1.29, 1.82) is 0 Å². The van der Waals surface area contributed by atoms with Crippen molar-refractivity contribution in [2.75, 3.05) is 32.7 Å². The minimum atomic E-state index is -0.704. The Bertz CT molecular complexity index is 791. The number of nitrogens with zero attached hydrogens (tertiary/aromatic N) is 2. The van der Waals surface area contributed by atoms with Gasteiger partial charge in [0.15, 0.2) is 0 Å². The molecule has 0 aliphatic carbocycles. The molecule has 2 saturated heterocycles. The first kappa shape index (κ1) is 30.5. The number of carbonyl (C=O) groups is 5. The Morgan fingerprint density at radius 3 is 1.89 bits per heavy atom. The van der Waals surface area contributed by atoms with E-state index in [1.165, 1.54) is 13.8 Å². The summed E-state index contributed by atoms with van der Waals surface area (Å²) >= 11 is 0. The lowest BCUT2D eigenvalue weighted by atomic mass is 10.1. The highest BCUT2D eigenvalue weighted by atomic mass is 16.2. The zero-order valence-corrected chi connectivity index (χ0v) is 22.6. The van der Waals surface area contributed by atoms with Crippen LogP contribution < -0.4 is 21.7 Å². The maximum Gasteiger partial charge on any atom is 0.243 e. The van der Waals surface area contributed by atoms with E-state index < -0.39 is 18.1 Å². The molecule has 2 aliphatic heterocycles. The monoisotopic (exact) mass is 522 g/mol. The van der Waals surface area contributed by atoms with Crippen molar-refractivity contribution < 1.29 is 24.0 Å². The van der Waals surface area contributed by atoms with E-state index in [2.05, 4.69) is 16.0 Å². The molecule has 37 heavy (non-hydrogen) atoms. The van der Waals surface area contributed by atoms with E-state index in [4.69, 9.17) is 5.73 Å². The van der Waals surface area contributed by atoms with Crippen molar-refractivity contribution in [1.82, 2.24) is 25.8 Å². The van der Waals surface area contributed by atoms with Crippen LogP contribution in [0.4, 0.5) is 0 Å². The molecule has 5 amide bonds. The highest BCUT2D eigenvalue weighted by molar-refractivity contribution is 5.92. The van der Waals surface area contributed by atoms with Gasteiger partial charge in [-0.3, -0.25) is 24.0 Å². The molecule has 0 radical (unpaired) electrons. The maximum absolute atomic E-state index is 12.9. The van der Waals surface area contributed by atoms with Crippen molar-refractivity contribution in [3.63, 3.8) is 0 Å². The van der Waals surface area contributed by atoms with Crippen LogP contribution in [0.5, 0.6) is 0 Å². The van der Waals surface area contributed by atoms with Gasteiger partial charge in [-0.15, -0.1) is 0 Å². The summed E-state index contributed by atoms with van der Waals surface area (Å²) in [7, 11) is 0. The Morgan fingerprint density at radius 2 is 1.30 bits per heavy atom. The average Bonchev–Trinajstić information content (AvgIpc) is 3.55. The smallest absolute Gasteiger partial charge is 0.243 e. The Kier molecular flexibility index (Phi) is 13.4. The Hall–Kier alpha value is -2.69. The van der Waals surface area contributed by atoms with Crippen molar-refractivity contribution in [2.45, 2.75) is 103 Å². The van der Waals surface area contributed by atoms with Gasteiger partial charge in [0.05, 0.1) is 0 Å². The number of carbonyl (C=O) groups excluding carboxylic acids is 5. The summed E-state index contributed by atoms with van der Waals surface area (Å²) < 4.78 is 0. The summed E-state index contributed by atoms with van der Waals surface area (Å²) in [6.07, 6.45) is 8.34. The third kappa shape index (κ3) is 9.94. The molecule has 0 bridgehead atoms. The van der Waals surface area contributed by atoms with Gasteiger partial charge in [-0.2, -0.15) is 0 Å². The molecule has 2 fully saturated rings. The molecule has 0 aromatic carbocycles. The second-order valence-corrected chi connectivity index (χ2v) is 10.1. The zero-order chi connectivity index (χ0) is 27.2. The van der Waals surface area contributed by atoms with Crippen molar-refractivity contribution in [3.8, 4) is 0 Å². The van der Waals surface area contributed by atoms with Gasteiger partial charge in [-0.05, 0) is 64.3 Å². The molecule has 11 heteroatoms. The van der Waals surface area contributed by atoms with Gasteiger partial charge in [0, 0.05) is 40.0 Å². The quantitative estimate of drug-likeness (QED) is 0.229. The van der Waals surface area contributed by atoms with Crippen LogP contribution >= 0.6 is 0 Å². The molecule has 11 nitrogen and oxygen atoms in total. The predicted molar refractivity (Wildman–Crippen MR) is 140 cm³/mol. The molecular weight excluding hydrogens is 476 g/mol. The first-order valence-electron chi connectivity index (χ1n) is 13.9. The minimum Gasteiger partial charge on any atom is -0.354 e. The van der Waals surface area contributed by atoms with Gasteiger partial charge >= 0.3 is 0 Å². The van der Waals surface area contributed by atoms with Crippen LogP contribution in [0.3, 0.4) is 0 Å². The second kappa shape index (κ2) is 16.2. The molecule has 2 aliphatic rings. The standard InChI is InChI=1S/C26H46N6O5/c1-19(33)31-17-9-12-22(31)25(36)29-16-8-5-11-21(24(35)28-15-7-4-3-6-14-27)30-26(37)23-13-10-18-32(23)20(2)34/h21-23H,3-18,27H2,1-2H3,(H,28,35)(H,29,36)(H,30,37). The highest BCUT2D eigenvalue weighted by Crippen LogP contribution is 2.19. The summed E-state index contributed by atoms with van der Waals surface area (Å²) in [6, 6.07) is -1.65. The van der Waals surface area contributed by atoms with Crippen LogP contribution in [0.15, 0.2) is 0 Å². The molecule has 5 N–H and O–H groups in total. The maximum atomic E-state index is 12.9. The SMILES string of the molecule is CC(=O)N1CCCC1C(=O)NCCCCC(NC(=O)C1CCCN1C(C)=O)C(=O)NCCCCCCN. The first-order chi connectivity index (χ1) is 17.8. The molecule has 0 saturated carbocycles. The van der Waals surface area contributed by atoms with E-state index in [1.807, 2.05) is 0 Å². The topological polar surface area (TPSA) is 154 Å². The van der Waals surface area contributed by atoms with Gasteiger partial charge in [-0.1, -0.05) is 12.8 Å². The molecule has 2 heterocycles. The summed E-state index contributed by atoms with van der Waals surface area (Å²) in [4.78, 5) is 65.1. The largest absolute Gasteiger partial charge is 0.354 e. The Balaban J connectivity index is 1.83. The number of amides is 5. The molecule has 0 aromatic rings. The fraction of sp³-hybridized carbons (Fsp3) is 0.808. The summed E-state index contributed by atoms with van der Waals surface area (Å²) in [5.74, 6) is -0.901. The molecule has 3 atom stereocenters. The van der Waals surface area contributed by atoms with Gasteiger partial charge in [0.2, 0.25) is 29.5 Å². The first-order valence-corrected chi connectivity index (χ1v) is 13.9. The van der Waals surface area contributed by atoms with Crippen LogP contribution in [0.2, 0.25) is 0 Å². The normalized spacial score (nSPS) is 20.0. The van der Waals surface area contributed by atoms with Crippen molar-refractivity contribution >= 4 is 29.5 Å². The number of hydrogen-bond donors (Lipinski definition) is 4. The lowest BCUT2D eigenvalue weighted by Gasteiger charge is -2.25. The Labute approximate surface area is 220 Å². The van der Waals surface area contributed by atoms with Crippen LogP contribution in [0.25, 0.3) is 0 Å². The zero-order valence-electron chi connectivity index (χ0n) is 22.6. The minimum absolute atomic E-state index is 0.0905. The molecule has 210 valence electrons. The van der Waals surface area contributed by atoms with Gasteiger partial charge < -0.3 is 31.5 Å². The molecule has 3 unspecified atom stereocenters. The number of hydrogen-bond acceptors (Lipinski definition) is 6. The number of likely N-dealkylation sites (tertiary alicyclic amines) is 2. The van der Waals surface area contributed by atoms with E-state index in [0.29, 0.717) is 64.8 Å². The number of unbranched alkanes of at least 4 members (excludes halogenated alkanes) is 4. The van der Waals surface area contributed by atoms with E-state index >= 15 is 0 Å². The fourth-order valence-corrected chi connectivity index (χ4v) is 5.13. The Morgan fingerprint density at radius 1 is 0.757 bits per heavy atom. The average molecular weight is 523 g/mol. The van der Waals surface area contributed by atoms with Gasteiger partial charge in [-0.25, -0.2) is 0 Å². The van der Waals surface area contributed by atoms with Crippen LogP contribution in [-0.4, -0.2) is 90.2 Å². The molecule has 2 rings (SSSR count). The fourth-order valence-electron chi connectivity index (χ4n) is 5.13. The lowest BCUT2D eigenvalue weighted by molar-refractivity contribution is -0.138. The number of nitrogens with two attached hydrogens (primary N) is 1. The molecule has 0 spiro atoms. The number of rotatable bonds is 15. The lowest BCUT2D eigenvalue weighted by Crippen LogP contribution is -2.53. The third-order valence-electron chi connectivity index (χ3n) is 7.20. The summed E-state index contributed by atoms with van der Waals surface area (Å²) in [5.41, 5.74) is 5.52. The molecular formula is C26H46N6O5. The number of nitrogens with one attached hydrogen (secondary N) is 3. The van der Waals surface area contributed by atoms with Gasteiger partial charge in [0.1, 0.15) is 18.1 Å². The third-order valence-corrected chi connectivity index (χ3v) is 7.20. The van der Waals surface area contributed by atoms with Crippen molar-refractivity contribution in [3.05, 3.63) is 0 Å². The van der Waals surface area contributed by atoms with Crippen LogP contribution in [-0.2, 0) is 24.0 Å². The predicted octanol–water partition coefficient (Wildman–Crippen LogP) is 0.415. The van der Waals surface area contributed by atoms with E-state index in [0.717, 1.165) is 38.5 Å². The summed E-state index contributed by atoms with van der Waals surface area (Å²) in [5, 5.41) is 8.70. The van der Waals surface area contributed by atoms with E-state index in [9.17, 15) is 24.0 Å². The molecule has 0 aromatic heterocycles. The van der Waals surface area contributed by atoms with Crippen molar-refractivity contribution in [2.24, 2.45) is 5.73 Å². The highest BCUT2D eigenvalue weighted by Gasteiger charge is 2.34. The van der Waals surface area contributed by atoms with Crippen LogP contribution in [0, 0.1) is 0 Å². The van der Waals surface area contributed by atoms with E-state index in [-0.39, 0.29) is 29.5 Å². The summed E-state index contributed by atoms with van der Waals surface area (Å²) in [6.45, 7) is 5.72. The van der Waals surface area contributed by atoms with Gasteiger partial charge in [0.25, 0.3) is 0 Å². The van der Waals surface area contributed by atoms with Crippen LogP contribution in [0.1, 0.15) is 84.5 Å².